The fraction of sp³-hybridized carbons (Fsp3) is 0.889. The van der Waals surface area contributed by atoms with Crippen LogP contribution in [0.3, 0.4) is 0 Å². The molecule has 0 bridgehead atoms. The van der Waals surface area contributed by atoms with E-state index in [2.05, 4.69) is 24.1 Å². The zero-order valence-electron chi connectivity index (χ0n) is 8.63. The molecule has 76 valence electrons. The molecule has 1 aliphatic rings. The number of nitrogens with one attached hydrogen (secondary N) is 1. The largest absolute Gasteiger partial charge is 0.369 e. The molecule has 3 N–H and O–H groups in total. The Kier molecular flexibility index (Phi) is 2.93. The van der Waals surface area contributed by atoms with Gasteiger partial charge in [0.1, 0.15) is 0 Å². The number of carbonyl (C=O) groups is 1. The van der Waals surface area contributed by atoms with Gasteiger partial charge >= 0.3 is 0 Å². The van der Waals surface area contributed by atoms with E-state index < -0.39 is 0 Å². The molecule has 4 heteroatoms. The zero-order chi connectivity index (χ0) is 10.1. The molecule has 0 unspecified atom stereocenters. The molecule has 1 saturated heterocycles. The Labute approximate surface area is 79.5 Å². The maximum absolute atomic E-state index is 10.7. The molecular weight excluding hydrogens is 166 g/mol. The number of nitrogens with two attached hydrogens (primary N) is 1. The van der Waals surface area contributed by atoms with Crippen molar-refractivity contribution in [1.29, 1.82) is 0 Å². The summed E-state index contributed by atoms with van der Waals surface area (Å²) in [5.41, 5.74) is 5.29. The van der Waals surface area contributed by atoms with Gasteiger partial charge in [-0.3, -0.25) is 9.69 Å². The number of carbonyl (C=O) groups excluding carboxylic acids is 1. The number of amides is 1. The van der Waals surface area contributed by atoms with Gasteiger partial charge in [-0.15, -0.1) is 0 Å². The van der Waals surface area contributed by atoms with Gasteiger partial charge in [-0.25, -0.2) is 0 Å². The topological polar surface area (TPSA) is 58.4 Å². The molecule has 4 nitrogen and oxygen atoms in total. The summed E-state index contributed by atoms with van der Waals surface area (Å²) >= 11 is 0. The molecule has 0 aromatic carbocycles. The summed E-state index contributed by atoms with van der Waals surface area (Å²) in [6.07, 6.45) is 0. The number of primary amides is 1. The molecule has 1 amide bonds. The second kappa shape index (κ2) is 3.64. The molecule has 1 fully saturated rings. The van der Waals surface area contributed by atoms with E-state index in [0.29, 0.717) is 0 Å². The Morgan fingerprint density at radius 3 is 2.54 bits per heavy atom. The van der Waals surface area contributed by atoms with Crippen molar-refractivity contribution in [2.75, 3.05) is 26.7 Å². The van der Waals surface area contributed by atoms with Crippen molar-refractivity contribution in [3.05, 3.63) is 0 Å². The molecule has 0 aliphatic carbocycles. The van der Waals surface area contributed by atoms with Crippen LogP contribution in [0.1, 0.15) is 13.8 Å². The predicted molar refractivity (Wildman–Crippen MR) is 52.3 cm³/mol. The molecular formula is C9H19N3O. The monoisotopic (exact) mass is 185 g/mol. The van der Waals surface area contributed by atoms with E-state index in [9.17, 15) is 4.79 Å². The highest BCUT2D eigenvalue weighted by molar-refractivity contribution is 5.78. The number of hydrogen-bond donors (Lipinski definition) is 2. The Morgan fingerprint density at radius 1 is 1.62 bits per heavy atom. The van der Waals surface area contributed by atoms with Crippen LogP contribution in [0, 0.1) is 5.92 Å². The molecule has 0 spiro atoms. The van der Waals surface area contributed by atoms with Crippen LogP contribution in [0.25, 0.3) is 0 Å². The fourth-order valence-corrected chi connectivity index (χ4v) is 1.52. The van der Waals surface area contributed by atoms with E-state index in [1.54, 1.807) is 0 Å². The van der Waals surface area contributed by atoms with Gasteiger partial charge in [-0.2, -0.15) is 0 Å². The SMILES string of the molecule is CNC(C)(C)CN1CC(C(N)=O)C1. The smallest absolute Gasteiger partial charge is 0.223 e. The standard InChI is InChI=1S/C9H19N3O/c1-9(2,11-3)6-12-4-7(5-12)8(10)13/h7,11H,4-6H2,1-3H3,(H2,10,13). The third-order valence-electron chi connectivity index (χ3n) is 2.66. The van der Waals surface area contributed by atoms with Crippen LogP contribution in [0.2, 0.25) is 0 Å². The molecule has 0 aromatic heterocycles. The summed E-state index contributed by atoms with van der Waals surface area (Å²) in [5, 5.41) is 3.23. The van der Waals surface area contributed by atoms with Crippen molar-refractivity contribution < 1.29 is 4.79 Å². The quantitative estimate of drug-likeness (QED) is 0.615. The highest BCUT2D eigenvalue weighted by atomic mass is 16.1. The molecule has 1 aliphatic heterocycles. The molecule has 0 aromatic rings. The van der Waals surface area contributed by atoms with Crippen molar-refractivity contribution >= 4 is 5.91 Å². The first-order valence-corrected chi connectivity index (χ1v) is 4.65. The minimum Gasteiger partial charge on any atom is -0.369 e. The molecule has 1 heterocycles. The van der Waals surface area contributed by atoms with Crippen LogP contribution in [-0.4, -0.2) is 43.0 Å². The fourth-order valence-electron chi connectivity index (χ4n) is 1.52. The summed E-state index contributed by atoms with van der Waals surface area (Å²) < 4.78 is 0. The molecule has 0 radical (unpaired) electrons. The second-order valence-corrected chi connectivity index (χ2v) is 4.43. The summed E-state index contributed by atoms with van der Waals surface area (Å²) in [6, 6.07) is 0. The lowest BCUT2D eigenvalue weighted by atomic mass is 9.95. The van der Waals surface area contributed by atoms with Gasteiger partial charge in [-0.05, 0) is 20.9 Å². The second-order valence-electron chi connectivity index (χ2n) is 4.43. The Bertz CT molecular complexity index is 197. The van der Waals surface area contributed by atoms with E-state index in [4.69, 9.17) is 5.73 Å². The molecule has 0 atom stereocenters. The zero-order valence-corrected chi connectivity index (χ0v) is 8.63. The van der Waals surface area contributed by atoms with Gasteiger partial charge in [0.2, 0.25) is 5.91 Å². The third kappa shape index (κ3) is 2.67. The highest BCUT2D eigenvalue weighted by Crippen LogP contribution is 2.17. The molecule has 13 heavy (non-hydrogen) atoms. The third-order valence-corrected chi connectivity index (χ3v) is 2.66. The normalized spacial score (nSPS) is 19.9. The summed E-state index contributed by atoms with van der Waals surface area (Å²) in [6.45, 7) is 6.89. The first-order valence-electron chi connectivity index (χ1n) is 4.65. The van der Waals surface area contributed by atoms with Gasteiger partial charge in [0.25, 0.3) is 0 Å². The van der Waals surface area contributed by atoms with Crippen molar-refractivity contribution in [2.24, 2.45) is 11.7 Å². The first kappa shape index (κ1) is 10.5. The number of hydrogen-bond acceptors (Lipinski definition) is 3. The van der Waals surface area contributed by atoms with Crippen molar-refractivity contribution in [1.82, 2.24) is 10.2 Å². The molecule has 0 saturated carbocycles. The Balaban J connectivity index is 2.25. The van der Waals surface area contributed by atoms with Crippen LogP contribution in [0.15, 0.2) is 0 Å². The number of nitrogens with zero attached hydrogens (tertiary/aromatic N) is 1. The number of rotatable bonds is 4. The minimum absolute atomic E-state index is 0.0765. The number of likely N-dealkylation sites (N-methyl/N-ethyl adjacent to an activating group) is 1. The van der Waals surface area contributed by atoms with Gasteiger partial charge in [0.05, 0.1) is 5.92 Å². The maximum Gasteiger partial charge on any atom is 0.223 e. The van der Waals surface area contributed by atoms with Gasteiger partial charge in [-0.1, -0.05) is 0 Å². The number of likely N-dealkylation sites (tertiary alicyclic amines) is 1. The summed E-state index contributed by atoms with van der Waals surface area (Å²) in [5.74, 6) is -0.0915. The van der Waals surface area contributed by atoms with Crippen molar-refractivity contribution in [2.45, 2.75) is 19.4 Å². The van der Waals surface area contributed by atoms with E-state index in [1.165, 1.54) is 0 Å². The Morgan fingerprint density at radius 2 is 2.15 bits per heavy atom. The summed E-state index contributed by atoms with van der Waals surface area (Å²) in [7, 11) is 1.95. The predicted octanol–water partition coefficient (Wildman–Crippen LogP) is -0.598. The van der Waals surface area contributed by atoms with E-state index in [-0.39, 0.29) is 17.4 Å². The maximum atomic E-state index is 10.7. The van der Waals surface area contributed by atoms with E-state index in [1.807, 2.05) is 7.05 Å². The average molecular weight is 185 g/mol. The van der Waals surface area contributed by atoms with E-state index >= 15 is 0 Å². The van der Waals surface area contributed by atoms with Gasteiger partial charge < -0.3 is 11.1 Å². The van der Waals surface area contributed by atoms with Crippen LogP contribution >= 0.6 is 0 Å². The summed E-state index contributed by atoms with van der Waals surface area (Å²) in [4.78, 5) is 13.0. The van der Waals surface area contributed by atoms with Gasteiger partial charge in [0, 0.05) is 25.2 Å². The van der Waals surface area contributed by atoms with Crippen molar-refractivity contribution in [3.63, 3.8) is 0 Å². The highest BCUT2D eigenvalue weighted by Gasteiger charge is 2.33. The molecule has 1 rings (SSSR count). The van der Waals surface area contributed by atoms with Crippen LogP contribution in [0.4, 0.5) is 0 Å². The van der Waals surface area contributed by atoms with E-state index in [0.717, 1.165) is 19.6 Å². The van der Waals surface area contributed by atoms with Crippen LogP contribution in [0.5, 0.6) is 0 Å². The minimum atomic E-state index is -0.168. The Hall–Kier alpha value is -0.610. The average Bonchev–Trinajstić information content (AvgIpc) is 1.95. The van der Waals surface area contributed by atoms with Gasteiger partial charge in [0.15, 0.2) is 0 Å². The lowest BCUT2D eigenvalue weighted by Crippen LogP contribution is -2.58. The lowest BCUT2D eigenvalue weighted by molar-refractivity contribution is -0.127. The lowest BCUT2D eigenvalue weighted by Gasteiger charge is -2.42. The first-order chi connectivity index (χ1) is 5.94. The van der Waals surface area contributed by atoms with Crippen molar-refractivity contribution in [3.8, 4) is 0 Å². The van der Waals surface area contributed by atoms with Crippen LogP contribution < -0.4 is 11.1 Å². The van der Waals surface area contributed by atoms with Crippen LogP contribution in [-0.2, 0) is 4.79 Å².